The third-order valence-corrected chi connectivity index (χ3v) is 3.44. The second kappa shape index (κ2) is 4.46. The van der Waals surface area contributed by atoms with E-state index in [1.54, 1.807) is 0 Å². The van der Waals surface area contributed by atoms with Gasteiger partial charge in [-0.15, -0.1) is 0 Å². The van der Waals surface area contributed by atoms with Gasteiger partial charge in [0.2, 0.25) is 0 Å². The van der Waals surface area contributed by atoms with Gasteiger partial charge in [0.05, 0.1) is 11.1 Å². The molecule has 0 aliphatic heterocycles. The number of aromatic nitrogens is 1. The van der Waals surface area contributed by atoms with Crippen LogP contribution in [0.1, 0.15) is 26.5 Å². The number of rotatable bonds is 3. The van der Waals surface area contributed by atoms with Crippen LogP contribution in [0.2, 0.25) is 0 Å². The van der Waals surface area contributed by atoms with Gasteiger partial charge in [-0.05, 0) is 25.0 Å². The van der Waals surface area contributed by atoms with Gasteiger partial charge in [-0.1, -0.05) is 38.1 Å². The van der Waals surface area contributed by atoms with E-state index >= 15 is 0 Å². The van der Waals surface area contributed by atoms with Crippen molar-refractivity contribution in [2.75, 3.05) is 0 Å². The topological polar surface area (TPSA) is 33.1 Å². The summed E-state index contributed by atoms with van der Waals surface area (Å²) in [6.07, 6.45) is 0.593. The molecule has 0 saturated heterocycles. The summed E-state index contributed by atoms with van der Waals surface area (Å²) >= 11 is 0. The number of hydrogen-bond acceptors (Lipinski definition) is 2. The molecule has 0 aliphatic carbocycles. The molecule has 2 aromatic rings. The highest BCUT2D eigenvalue weighted by molar-refractivity contribution is 5.78. The SMILES string of the molecule is CC(C)C(C)(O)Cc1ccc2ccccc2n1. The van der Waals surface area contributed by atoms with E-state index in [9.17, 15) is 5.11 Å². The maximum Gasteiger partial charge on any atom is 0.0705 e. The standard InChI is InChI=1S/C15H19NO/c1-11(2)15(3,17)10-13-9-8-12-6-4-5-7-14(12)16-13/h4-9,11,17H,10H2,1-3H3. The highest BCUT2D eigenvalue weighted by Crippen LogP contribution is 2.22. The number of fused-ring (bicyclic) bond motifs is 1. The van der Waals surface area contributed by atoms with Gasteiger partial charge in [-0.25, -0.2) is 0 Å². The van der Waals surface area contributed by atoms with Crippen molar-refractivity contribution >= 4 is 10.9 Å². The molecule has 1 heterocycles. The molecular formula is C15H19NO. The lowest BCUT2D eigenvalue weighted by Crippen LogP contribution is -2.33. The Kier molecular flexibility index (Phi) is 3.16. The van der Waals surface area contributed by atoms with Gasteiger partial charge in [0.1, 0.15) is 0 Å². The van der Waals surface area contributed by atoms with Crippen LogP contribution in [0, 0.1) is 5.92 Å². The summed E-state index contributed by atoms with van der Waals surface area (Å²) in [7, 11) is 0. The molecule has 0 amide bonds. The average Bonchev–Trinajstić information content (AvgIpc) is 2.28. The fourth-order valence-electron chi connectivity index (χ4n) is 1.78. The molecule has 2 rings (SSSR count). The second-order valence-electron chi connectivity index (χ2n) is 5.18. The molecule has 1 aromatic heterocycles. The van der Waals surface area contributed by atoms with Crippen molar-refractivity contribution in [3.05, 3.63) is 42.1 Å². The van der Waals surface area contributed by atoms with Crippen LogP contribution >= 0.6 is 0 Å². The van der Waals surface area contributed by atoms with E-state index in [0.29, 0.717) is 6.42 Å². The highest BCUT2D eigenvalue weighted by Gasteiger charge is 2.25. The van der Waals surface area contributed by atoms with E-state index in [-0.39, 0.29) is 5.92 Å². The van der Waals surface area contributed by atoms with Crippen LogP contribution < -0.4 is 0 Å². The van der Waals surface area contributed by atoms with Gasteiger partial charge >= 0.3 is 0 Å². The van der Waals surface area contributed by atoms with E-state index < -0.39 is 5.60 Å². The lowest BCUT2D eigenvalue weighted by Gasteiger charge is -2.27. The van der Waals surface area contributed by atoms with Crippen LogP contribution in [-0.2, 0) is 6.42 Å². The van der Waals surface area contributed by atoms with E-state index in [1.165, 1.54) is 0 Å². The molecule has 0 bridgehead atoms. The Balaban J connectivity index is 2.31. The Hall–Kier alpha value is -1.41. The van der Waals surface area contributed by atoms with Crippen molar-refractivity contribution in [2.24, 2.45) is 5.92 Å². The summed E-state index contributed by atoms with van der Waals surface area (Å²) < 4.78 is 0. The largest absolute Gasteiger partial charge is 0.390 e. The average molecular weight is 229 g/mol. The third-order valence-electron chi connectivity index (χ3n) is 3.44. The van der Waals surface area contributed by atoms with E-state index in [1.807, 2.05) is 51.1 Å². The molecule has 0 fully saturated rings. The van der Waals surface area contributed by atoms with Gasteiger partial charge in [0.25, 0.3) is 0 Å². The van der Waals surface area contributed by atoms with Crippen molar-refractivity contribution < 1.29 is 5.11 Å². The predicted molar refractivity (Wildman–Crippen MR) is 70.9 cm³/mol. The summed E-state index contributed by atoms with van der Waals surface area (Å²) in [4.78, 5) is 4.58. The molecule has 1 N–H and O–H groups in total. The number of nitrogens with zero attached hydrogens (tertiary/aromatic N) is 1. The van der Waals surface area contributed by atoms with Crippen molar-refractivity contribution in [1.82, 2.24) is 4.98 Å². The molecule has 2 heteroatoms. The molecule has 1 aromatic carbocycles. The number of aliphatic hydroxyl groups is 1. The van der Waals surface area contributed by atoms with E-state index in [0.717, 1.165) is 16.6 Å². The van der Waals surface area contributed by atoms with Crippen molar-refractivity contribution in [3.63, 3.8) is 0 Å². The highest BCUT2D eigenvalue weighted by atomic mass is 16.3. The van der Waals surface area contributed by atoms with E-state index in [2.05, 4.69) is 11.1 Å². The monoisotopic (exact) mass is 229 g/mol. The summed E-state index contributed by atoms with van der Waals surface area (Å²) in [5.74, 6) is 0.218. The maximum atomic E-state index is 10.3. The zero-order valence-electron chi connectivity index (χ0n) is 10.6. The Morgan fingerprint density at radius 2 is 1.88 bits per heavy atom. The van der Waals surface area contributed by atoms with E-state index in [4.69, 9.17) is 0 Å². The fourth-order valence-corrected chi connectivity index (χ4v) is 1.78. The Bertz CT molecular complexity index is 517. The second-order valence-corrected chi connectivity index (χ2v) is 5.18. The van der Waals surface area contributed by atoms with Crippen molar-refractivity contribution in [1.29, 1.82) is 0 Å². The normalized spacial score (nSPS) is 15.1. The third kappa shape index (κ3) is 2.64. The van der Waals surface area contributed by atoms with Gasteiger partial charge in [0.15, 0.2) is 0 Å². The predicted octanol–water partition coefficient (Wildman–Crippen LogP) is 3.18. The Morgan fingerprint density at radius 1 is 1.18 bits per heavy atom. The molecular weight excluding hydrogens is 210 g/mol. The molecule has 90 valence electrons. The van der Waals surface area contributed by atoms with Crippen LogP contribution in [0.3, 0.4) is 0 Å². The molecule has 0 saturated carbocycles. The lowest BCUT2D eigenvalue weighted by atomic mass is 9.88. The summed E-state index contributed by atoms with van der Waals surface area (Å²) in [6, 6.07) is 12.1. The maximum absolute atomic E-state index is 10.3. The minimum Gasteiger partial charge on any atom is -0.390 e. The quantitative estimate of drug-likeness (QED) is 0.876. The molecule has 0 radical (unpaired) electrons. The molecule has 17 heavy (non-hydrogen) atoms. The Labute approximate surface area is 102 Å². The van der Waals surface area contributed by atoms with Gasteiger partial charge in [-0.3, -0.25) is 4.98 Å². The molecule has 0 aliphatic rings. The van der Waals surface area contributed by atoms with Crippen LogP contribution in [-0.4, -0.2) is 15.7 Å². The zero-order chi connectivity index (χ0) is 12.5. The van der Waals surface area contributed by atoms with Crippen LogP contribution in [0.15, 0.2) is 36.4 Å². The fraction of sp³-hybridized carbons (Fsp3) is 0.400. The van der Waals surface area contributed by atoms with Gasteiger partial charge in [0, 0.05) is 17.5 Å². The van der Waals surface area contributed by atoms with Gasteiger partial charge in [-0.2, -0.15) is 0 Å². The zero-order valence-corrected chi connectivity index (χ0v) is 10.6. The number of hydrogen-bond donors (Lipinski definition) is 1. The van der Waals surface area contributed by atoms with Crippen LogP contribution in [0.25, 0.3) is 10.9 Å². The summed E-state index contributed by atoms with van der Waals surface area (Å²) in [5, 5.41) is 11.4. The molecule has 0 spiro atoms. The van der Waals surface area contributed by atoms with Gasteiger partial charge < -0.3 is 5.11 Å². The minimum absolute atomic E-state index is 0.218. The molecule has 2 nitrogen and oxygen atoms in total. The minimum atomic E-state index is -0.699. The van der Waals surface area contributed by atoms with Crippen molar-refractivity contribution in [3.8, 4) is 0 Å². The lowest BCUT2D eigenvalue weighted by molar-refractivity contribution is 0.0132. The first kappa shape index (κ1) is 12.1. The first-order valence-electron chi connectivity index (χ1n) is 6.06. The molecule has 1 unspecified atom stereocenters. The Morgan fingerprint density at radius 3 is 2.59 bits per heavy atom. The van der Waals surface area contributed by atoms with Crippen LogP contribution in [0.5, 0.6) is 0 Å². The first-order valence-corrected chi connectivity index (χ1v) is 6.06. The summed E-state index contributed by atoms with van der Waals surface area (Å²) in [5.41, 5.74) is 1.24. The summed E-state index contributed by atoms with van der Waals surface area (Å²) in [6.45, 7) is 5.93. The number of benzene rings is 1. The first-order chi connectivity index (χ1) is 7.99. The number of pyridine rings is 1. The van der Waals surface area contributed by atoms with Crippen molar-refractivity contribution in [2.45, 2.75) is 32.8 Å². The number of para-hydroxylation sites is 1. The molecule has 1 atom stereocenters. The smallest absolute Gasteiger partial charge is 0.0705 e. The van der Waals surface area contributed by atoms with Crippen LogP contribution in [0.4, 0.5) is 0 Å².